The van der Waals surface area contributed by atoms with Gasteiger partial charge in [0.25, 0.3) is 0 Å². The maximum atomic E-state index is 2.55. The Balaban J connectivity index is 2.51. The van der Waals surface area contributed by atoms with Gasteiger partial charge >= 0.3 is 0 Å². The lowest BCUT2D eigenvalue weighted by Gasteiger charge is -2.29. The lowest BCUT2D eigenvalue weighted by atomic mass is 10.2. The maximum Gasteiger partial charge on any atom is 0.243 e. The SMILES string of the molecule is CC(C)N(CCn1cc[n+](CCN(C(C)C)C(C)C)c1)C(C)C. The quantitative estimate of drug-likeness (QED) is 0.615. The van der Waals surface area contributed by atoms with Gasteiger partial charge in [-0.3, -0.25) is 9.80 Å². The van der Waals surface area contributed by atoms with Crippen LogP contribution >= 0.6 is 0 Å². The van der Waals surface area contributed by atoms with Gasteiger partial charge in [0.05, 0.1) is 0 Å². The van der Waals surface area contributed by atoms with Crippen molar-refractivity contribution in [3.63, 3.8) is 0 Å². The lowest BCUT2D eigenvalue weighted by molar-refractivity contribution is -0.696. The topological polar surface area (TPSA) is 15.3 Å². The van der Waals surface area contributed by atoms with E-state index in [9.17, 15) is 0 Å². The Morgan fingerprint density at radius 1 is 0.783 bits per heavy atom. The normalized spacial score (nSPS) is 12.8. The molecule has 1 aromatic rings. The standard InChI is InChI=1S/C19H39N4/c1-16(2)22(17(3)4)13-11-20-9-10-21(15-20)12-14-23(18(5)6)19(7)8/h9-10,15-19H,11-14H2,1-8H3/q+1. The third-order valence-corrected chi connectivity index (χ3v) is 4.63. The van der Waals surface area contributed by atoms with Crippen LogP contribution in [0.5, 0.6) is 0 Å². The smallest absolute Gasteiger partial charge is 0.243 e. The summed E-state index contributed by atoms with van der Waals surface area (Å²) < 4.78 is 4.62. The van der Waals surface area contributed by atoms with Gasteiger partial charge in [-0.15, -0.1) is 0 Å². The summed E-state index contributed by atoms with van der Waals surface area (Å²) >= 11 is 0. The van der Waals surface area contributed by atoms with Crippen LogP contribution in [0.15, 0.2) is 18.7 Å². The van der Waals surface area contributed by atoms with Gasteiger partial charge in [0.15, 0.2) is 0 Å². The van der Waals surface area contributed by atoms with Crippen LogP contribution in [0.1, 0.15) is 55.4 Å². The van der Waals surface area contributed by atoms with Gasteiger partial charge in [-0.25, -0.2) is 9.13 Å². The van der Waals surface area contributed by atoms with Crippen molar-refractivity contribution in [2.24, 2.45) is 0 Å². The van der Waals surface area contributed by atoms with Gasteiger partial charge in [0.2, 0.25) is 6.33 Å². The van der Waals surface area contributed by atoms with Crippen LogP contribution in [-0.2, 0) is 13.1 Å². The molecular formula is C19H39N4+. The van der Waals surface area contributed by atoms with Gasteiger partial charge in [-0.05, 0) is 55.4 Å². The molecule has 0 aromatic carbocycles. The molecule has 0 radical (unpaired) electrons. The third kappa shape index (κ3) is 6.64. The molecule has 0 spiro atoms. The minimum absolute atomic E-state index is 0.600. The molecule has 0 aliphatic rings. The van der Waals surface area contributed by atoms with E-state index in [0.29, 0.717) is 24.2 Å². The summed E-state index contributed by atoms with van der Waals surface area (Å²) in [4.78, 5) is 5.09. The van der Waals surface area contributed by atoms with Crippen molar-refractivity contribution in [3.05, 3.63) is 18.7 Å². The number of hydrogen-bond donors (Lipinski definition) is 0. The predicted molar refractivity (Wildman–Crippen MR) is 98.6 cm³/mol. The summed E-state index contributed by atoms with van der Waals surface area (Å²) in [5.41, 5.74) is 0. The Morgan fingerprint density at radius 2 is 1.26 bits per heavy atom. The summed E-state index contributed by atoms with van der Waals surface area (Å²) in [5.74, 6) is 0. The first kappa shape index (κ1) is 20.2. The van der Waals surface area contributed by atoms with Gasteiger partial charge in [0.1, 0.15) is 25.5 Å². The van der Waals surface area contributed by atoms with E-state index < -0.39 is 0 Å². The van der Waals surface area contributed by atoms with Crippen LogP contribution in [0.4, 0.5) is 0 Å². The molecule has 0 unspecified atom stereocenters. The molecule has 0 aliphatic carbocycles. The minimum atomic E-state index is 0.600. The molecule has 0 saturated heterocycles. The average molecular weight is 324 g/mol. The van der Waals surface area contributed by atoms with Crippen molar-refractivity contribution in [2.45, 2.75) is 92.6 Å². The first-order valence-electron chi connectivity index (χ1n) is 9.28. The van der Waals surface area contributed by atoms with Crippen molar-refractivity contribution < 1.29 is 4.57 Å². The van der Waals surface area contributed by atoms with Crippen molar-refractivity contribution in [2.75, 3.05) is 13.1 Å². The Kier molecular flexibility index (Phi) is 8.27. The van der Waals surface area contributed by atoms with Gasteiger partial charge in [-0.1, -0.05) is 0 Å². The molecule has 0 atom stereocenters. The molecule has 1 rings (SSSR count). The second-order valence-electron chi connectivity index (χ2n) is 7.74. The first-order chi connectivity index (χ1) is 10.7. The Morgan fingerprint density at radius 3 is 1.74 bits per heavy atom. The summed E-state index contributed by atoms with van der Waals surface area (Å²) in [6, 6.07) is 2.40. The van der Waals surface area contributed by atoms with Crippen LogP contribution < -0.4 is 4.57 Å². The molecule has 1 aromatic heterocycles. The summed E-state index contributed by atoms with van der Waals surface area (Å²) in [5, 5.41) is 0. The van der Waals surface area contributed by atoms with E-state index in [1.807, 2.05) is 0 Å². The molecule has 0 aliphatic heterocycles. The zero-order valence-corrected chi connectivity index (χ0v) is 16.7. The summed E-state index contributed by atoms with van der Waals surface area (Å²) in [6.07, 6.45) is 6.65. The van der Waals surface area contributed by atoms with Crippen molar-refractivity contribution in [3.8, 4) is 0 Å². The third-order valence-electron chi connectivity index (χ3n) is 4.63. The second kappa shape index (κ2) is 9.43. The van der Waals surface area contributed by atoms with Crippen LogP contribution in [0.2, 0.25) is 0 Å². The van der Waals surface area contributed by atoms with Crippen LogP contribution in [-0.4, -0.2) is 51.6 Å². The van der Waals surface area contributed by atoms with E-state index in [0.717, 1.165) is 26.2 Å². The molecular weight excluding hydrogens is 284 g/mol. The summed E-state index contributed by atoms with van der Waals surface area (Å²) in [7, 11) is 0. The Bertz CT molecular complexity index is 380. The van der Waals surface area contributed by atoms with Crippen molar-refractivity contribution >= 4 is 0 Å². The molecule has 1 heterocycles. The van der Waals surface area contributed by atoms with E-state index in [-0.39, 0.29) is 0 Å². The highest BCUT2D eigenvalue weighted by atomic mass is 15.2. The molecule has 134 valence electrons. The maximum absolute atomic E-state index is 2.55. The summed E-state index contributed by atoms with van der Waals surface area (Å²) in [6.45, 7) is 22.6. The number of imidazole rings is 1. The van der Waals surface area contributed by atoms with E-state index in [4.69, 9.17) is 0 Å². The largest absolute Gasteiger partial charge is 0.295 e. The minimum Gasteiger partial charge on any atom is -0.295 e. The van der Waals surface area contributed by atoms with E-state index in [1.165, 1.54) is 0 Å². The molecule has 4 heteroatoms. The fourth-order valence-electron chi connectivity index (χ4n) is 3.39. The van der Waals surface area contributed by atoms with E-state index >= 15 is 0 Å². The number of hydrogen-bond acceptors (Lipinski definition) is 2. The van der Waals surface area contributed by atoms with Gasteiger partial charge in [0, 0.05) is 37.3 Å². The first-order valence-corrected chi connectivity index (χ1v) is 9.28. The monoisotopic (exact) mass is 323 g/mol. The molecule has 23 heavy (non-hydrogen) atoms. The average Bonchev–Trinajstić information content (AvgIpc) is 2.85. The second-order valence-corrected chi connectivity index (χ2v) is 7.74. The highest BCUT2D eigenvalue weighted by Crippen LogP contribution is 2.05. The predicted octanol–water partition coefficient (Wildman–Crippen LogP) is 3.01. The lowest BCUT2D eigenvalue weighted by Crippen LogP contribution is -2.44. The zero-order valence-electron chi connectivity index (χ0n) is 16.7. The Labute approximate surface area is 144 Å². The van der Waals surface area contributed by atoms with Gasteiger partial charge in [-0.2, -0.15) is 0 Å². The highest BCUT2D eigenvalue weighted by Gasteiger charge is 2.16. The zero-order chi connectivity index (χ0) is 17.6. The molecule has 0 amide bonds. The van der Waals surface area contributed by atoms with Gasteiger partial charge < -0.3 is 0 Å². The highest BCUT2D eigenvalue weighted by molar-refractivity contribution is 4.72. The van der Waals surface area contributed by atoms with Crippen molar-refractivity contribution in [1.82, 2.24) is 14.4 Å². The number of aromatic nitrogens is 2. The van der Waals surface area contributed by atoms with Crippen LogP contribution in [0.25, 0.3) is 0 Å². The molecule has 0 N–H and O–H groups in total. The number of rotatable bonds is 10. The molecule has 4 nitrogen and oxygen atoms in total. The van der Waals surface area contributed by atoms with E-state index in [2.05, 4.69) is 93.0 Å². The Hall–Kier alpha value is -0.870. The fourth-order valence-corrected chi connectivity index (χ4v) is 3.39. The number of nitrogens with zero attached hydrogens (tertiary/aromatic N) is 4. The van der Waals surface area contributed by atoms with E-state index in [1.54, 1.807) is 0 Å². The van der Waals surface area contributed by atoms with Crippen LogP contribution in [0, 0.1) is 0 Å². The molecule has 0 saturated carbocycles. The molecule has 0 bridgehead atoms. The molecule has 0 fully saturated rings. The fraction of sp³-hybridized carbons (Fsp3) is 0.842. The van der Waals surface area contributed by atoms with Crippen molar-refractivity contribution in [1.29, 1.82) is 0 Å². The van der Waals surface area contributed by atoms with Crippen LogP contribution in [0.3, 0.4) is 0 Å².